The van der Waals surface area contributed by atoms with Crippen molar-refractivity contribution in [2.75, 3.05) is 11.1 Å². The highest BCUT2D eigenvalue weighted by Crippen LogP contribution is 2.24. The Kier molecular flexibility index (Phi) is 3.25. The molecule has 21 heavy (non-hydrogen) atoms. The third kappa shape index (κ3) is 2.81. The van der Waals surface area contributed by atoms with Crippen molar-refractivity contribution in [3.63, 3.8) is 0 Å². The Morgan fingerprint density at radius 2 is 2.24 bits per heavy atom. The van der Waals surface area contributed by atoms with Gasteiger partial charge in [0.15, 0.2) is 0 Å². The van der Waals surface area contributed by atoms with Gasteiger partial charge in [-0.3, -0.25) is 9.59 Å². The maximum absolute atomic E-state index is 11.9. The summed E-state index contributed by atoms with van der Waals surface area (Å²) in [4.78, 5) is 30.2. The van der Waals surface area contributed by atoms with Crippen molar-refractivity contribution in [2.45, 2.75) is 31.8 Å². The Morgan fingerprint density at radius 3 is 2.95 bits per heavy atom. The predicted molar refractivity (Wildman–Crippen MR) is 81.0 cm³/mol. The summed E-state index contributed by atoms with van der Waals surface area (Å²) in [6.45, 7) is 1.77. The van der Waals surface area contributed by atoms with E-state index in [1.807, 2.05) is 0 Å². The molecule has 1 atom stereocenters. The number of nitrogen functional groups attached to an aromatic ring is 1. The highest BCUT2D eigenvalue weighted by molar-refractivity contribution is 5.91. The van der Waals surface area contributed by atoms with Crippen LogP contribution in [0.4, 0.5) is 11.4 Å². The second-order valence-corrected chi connectivity index (χ2v) is 5.34. The molecule has 1 saturated carbocycles. The summed E-state index contributed by atoms with van der Waals surface area (Å²) >= 11 is 0. The molecule has 1 aliphatic carbocycles. The van der Waals surface area contributed by atoms with Crippen LogP contribution < -0.4 is 21.9 Å². The number of fused-ring (bicyclic) bond motifs is 1. The van der Waals surface area contributed by atoms with Crippen LogP contribution in [-0.4, -0.2) is 28.0 Å². The number of carbonyl (C=O) groups is 1. The average Bonchev–Trinajstić information content (AvgIpc) is 3.24. The van der Waals surface area contributed by atoms with Crippen molar-refractivity contribution in [1.29, 1.82) is 0 Å². The number of aromatic amines is 1. The summed E-state index contributed by atoms with van der Waals surface area (Å²) in [6.07, 6.45) is 3.43. The maximum atomic E-state index is 11.9. The summed E-state index contributed by atoms with van der Waals surface area (Å²) < 4.78 is 0. The molecule has 5 N–H and O–H groups in total. The van der Waals surface area contributed by atoms with Gasteiger partial charge in [0.2, 0.25) is 5.91 Å². The third-order valence-electron chi connectivity index (χ3n) is 3.50. The molecule has 1 fully saturated rings. The normalized spacial score (nSPS) is 15.7. The fraction of sp³-hybridized carbons (Fsp3) is 0.357. The minimum Gasteiger partial charge on any atom is -0.397 e. The Labute approximate surface area is 120 Å². The van der Waals surface area contributed by atoms with Gasteiger partial charge in [0.25, 0.3) is 5.56 Å². The van der Waals surface area contributed by atoms with Gasteiger partial charge in [-0.25, -0.2) is 4.98 Å². The van der Waals surface area contributed by atoms with E-state index in [9.17, 15) is 9.59 Å². The molecule has 0 aliphatic heterocycles. The molecule has 1 heterocycles. The molecular formula is C14H17N5O2. The van der Waals surface area contributed by atoms with Gasteiger partial charge in [0, 0.05) is 6.04 Å². The molecule has 1 aromatic carbocycles. The van der Waals surface area contributed by atoms with Gasteiger partial charge in [0.05, 0.1) is 28.6 Å². The molecule has 7 heteroatoms. The number of hydrogen-bond acceptors (Lipinski definition) is 5. The van der Waals surface area contributed by atoms with Gasteiger partial charge in [-0.05, 0) is 31.9 Å². The maximum Gasteiger partial charge on any atom is 0.258 e. The molecule has 1 unspecified atom stereocenters. The Bertz CT molecular complexity index is 751. The van der Waals surface area contributed by atoms with Gasteiger partial charge in [-0.15, -0.1) is 0 Å². The van der Waals surface area contributed by atoms with Crippen molar-refractivity contribution < 1.29 is 4.79 Å². The molecule has 0 radical (unpaired) electrons. The summed E-state index contributed by atoms with van der Waals surface area (Å²) in [5.74, 6) is -0.0594. The van der Waals surface area contributed by atoms with Gasteiger partial charge in [-0.1, -0.05) is 0 Å². The lowest BCUT2D eigenvalue weighted by molar-refractivity contribution is -0.121. The number of amides is 1. The quantitative estimate of drug-likeness (QED) is 0.615. The molecule has 7 nitrogen and oxygen atoms in total. The zero-order valence-electron chi connectivity index (χ0n) is 11.6. The Hall–Kier alpha value is -2.57. The average molecular weight is 287 g/mol. The smallest absolute Gasteiger partial charge is 0.258 e. The van der Waals surface area contributed by atoms with Crippen molar-refractivity contribution in [2.24, 2.45) is 0 Å². The summed E-state index contributed by atoms with van der Waals surface area (Å²) in [6, 6.07) is 3.15. The van der Waals surface area contributed by atoms with Crippen molar-refractivity contribution >= 4 is 28.2 Å². The summed E-state index contributed by atoms with van der Waals surface area (Å²) in [5.41, 5.74) is 7.24. The van der Waals surface area contributed by atoms with Crippen LogP contribution in [0.15, 0.2) is 23.3 Å². The fourth-order valence-corrected chi connectivity index (χ4v) is 2.11. The molecule has 3 rings (SSSR count). The minimum absolute atomic E-state index is 0.0594. The second kappa shape index (κ2) is 5.08. The third-order valence-corrected chi connectivity index (χ3v) is 3.50. The van der Waals surface area contributed by atoms with Crippen LogP contribution in [-0.2, 0) is 4.79 Å². The zero-order chi connectivity index (χ0) is 15.0. The van der Waals surface area contributed by atoms with Gasteiger partial charge in [0.1, 0.15) is 6.04 Å². The first-order chi connectivity index (χ1) is 10.0. The van der Waals surface area contributed by atoms with Crippen molar-refractivity contribution in [3.05, 3.63) is 28.8 Å². The SMILES string of the molecule is CC(Nc1cc2nc[nH]c(=O)c2cc1N)C(=O)NC1CC1. The van der Waals surface area contributed by atoms with E-state index in [-0.39, 0.29) is 11.5 Å². The monoisotopic (exact) mass is 287 g/mol. The molecule has 0 bridgehead atoms. The van der Waals surface area contributed by atoms with E-state index in [1.165, 1.54) is 6.33 Å². The van der Waals surface area contributed by atoms with E-state index in [4.69, 9.17) is 5.73 Å². The van der Waals surface area contributed by atoms with Crippen LogP contribution in [0.25, 0.3) is 10.9 Å². The molecule has 1 aromatic heterocycles. The van der Waals surface area contributed by atoms with Crippen LogP contribution in [0.3, 0.4) is 0 Å². The lowest BCUT2D eigenvalue weighted by atomic mass is 10.1. The highest BCUT2D eigenvalue weighted by Gasteiger charge is 2.25. The first-order valence-electron chi connectivity index (χ1n) is 6.88. The summed E-state index contributed by atoms with van der Waals surface area (Å²) in [7, 11) is 0. The number of carbonyl (C=O) groups excluding carboxylic acids is 1. The summed E-state index contributed by atoms with van der Waals surface area (Å²) in [5, 5.41) is 6.42. The van der Waals surface area contributed by atoms with E-state index in [1.54, 1.807) is 19.1 Å². The lowest BCUT2D eigenvalue weighted by Gasteiger charge is -2.16. The highest BCUT2D eigenvalue weighted by atomic mass is 16.2. The molecule has 110 valence electrons. The molecular weight excluding hydrogens is 270 g/mol. The molecule has 0 saturated heterocycles. The fourth-order valence-electron chi connectivity index (χ4n) is 2.11. The van der Waals surface area contributed by atoms with Crippen LogP contribution in [0.2, 0.25) is 0 Å². The predicted octanol–water partition coefficient (Wildman–Crippen LogP) is 0.584. The standard InChI is InChI=1S/C14H17N5O2/c1-7(13(20)19-8-2-3-8)18-12-5-11-9(4-10(12)15)14(21)17-6-16-11/h4-8,18H,2-3,15H2,1H3,(H,19,20)(H,16,17,21). The van der Waals surface area contributed by atoms with Crippen LogP contribution in [0.1, 0.15) is 19.8 Å². The van der Waals surface area contributed by atoms with Crippen LogP contribution in [0.5, 0.6) is 0 Å². The first kappa shape index (κ1) is 13.4. The van der Waals surface area contributed by atoms with Crippen LogP contribution >= 0.6 is 0 Å². The van der Waals surface area contributed by atoms with E-state index in [2.05, 4.69) is 20.6 Å². The van der Waals surface area contributed by atoms with Crippen molar-refractivity contribution in [1.82, 2.24) is 15.3 Å². The van der Waals surface area contributed by atoms with Crippen molar-refractivity contribution in [3.8, 4) is 0 Å². The largest absolute Gasteiger partial charge is 0.397 e. The number of nitrogens with zero attached hydrogens (tertiary/aromatic N) is 1. The van der Waals surface area contributed by atoms with Gasteiger partial charge >= 0.3 is 0 Å². The number of H-pyrrole nitrogens is 1. The molecule has 2 aromatic rings. The molecule has 0 spiro atoms. The Morgan fingerprint density at radius 1 is 1.48 bits per heavy atom. The first-order valence-corrected chi connectivity index (χ1v) is 6.88. The van der Waals surface area contributed by atoms with E-state index in [0.717, 1.165) is 12.8 Å². The van der Waals surface area contributed by atoms with Gasteiger partial charge < -0.3 is 21.4 Å². The van der Waals surface area contributed by atoms with E-state index in [0.29, 0.717) is 28.3 Å². The topological polar surface area (TPSA) is 113 Å². The molecule has 1 aliphatic rings. The number of nitrogens with one attached hydrogen (secondary N) is 3. The number of hydrogen-bond donors (Lipinski definition) is 4. The zero-order valence-corrected chi connectivity index (χ0v) is 11.6. The Balaban J connectivity index is 1.84. The van der Waals surface area contributed by atoms with E-state index < -0.39 is 6.04 Å². The lowest BCUT2D eigenvalue weighted by Crippen LogP contribution is -2.38. The number of benzene rings is 1. The second-order valence-electron chi connectivity index (χ2n) is 5.34. The number of rotatable bonds is 4. The number of anilines is 2. The van der Waals surface area contributed by atoms with Crippen LogP contribution in [0, 0.1) is 0 Å². The van der Waals surface area contributed by atoms with E-state index >= 15 is 0 Å². The molecule has 1 amide bonds. The number of nitrogens with two attached hydrogens (primary N) is 1. The van der Waals surface area contributed by atoms with Gasteiger partial charge in [-0.2, -0.15) is 0 Å². The minimum atomic E-state index is -0.410. The number of aromatic nitrogens is 2.